The first kappa shape index (κ1) is 13.8. The van der Waals surface area contributed by atoms with Crippen molar-refractivity contribution in [3.63, 3.8) is 0 Å². The van der Waals surface area contributed by atoms with Crippen LogP contribution in [0, 0.1) is 18.3 Å². The van der Waals surface area contributed by atoms with Gasteiger partial charge in [0.1, 0.15) is 6.07 Å². The van der Waals surface area contributed by atoms with E-state index in [1.807, 2.05) is 44.2 Å². The summed E-state index contributed by atoms with van der Waals surface area (Å²) >= 11 is 0. The lowest BCUT2D eigenvalue weighted by Crippen LogP contribution is -2.14. The topological polar surface area (TPSA) is 88.2 Å². The van der Waals surface area contributed by atoms with Crippen molar-refractivity contribution in [3.05, 3.63) is 41.3 Å². The molecule has 2 N–H and O–H groups in total. The molecule has 0 bridgehead atoms. The van der Waals surface area contributed by atoms with Crippen LogP contribution in [0.4, 0.5) is 0 Å². The molecule has 0 spiro atoms. The van der Waals surface area contributed by atoms with Crippen LogP contribution in [0.2, 0.25) is 0 Å². The van der Waals surface area contributed by atoms with Gasteiger partial charge in [0.05, 0.1) is 5.56 Å². The third-order valence-electron chi connectivity index (χ3n) is 2.88. The second-order valence-corrected chi connectivity index (χ2v) is 4.48. The maximum Gasteiger partial charge on any atom is 0.210 e. The molecule has 5 heteroatoms. The quantitative estimate of drug-likeness (QED) is 0.682. The van der Waals surface area contributed by atoms with E-state index in [9.17, 15) is 0 Å². The fourth-order valence-corrected chi connectivity index (χ4v) is 1.83. The number of nitriles is 1. The zero-order chi connectivity index (χ0) is 14.5. The average Bonchev–Trinajstić information content (AvgIpc) is 2.89. The molecule has 0 aliphatic rings. The van der Waals surface area contributed by atoms with Crippen molar-refractivity contribution in [2.24, 2.45) is 10.7 Å². The molecule has 102 valence electrons. The number of benzene rings is 1. The Morgan fingerprint density at radius 2 is 2.10 bits per heavy atom. The number of aromatic nitrogens is 1. The number of aliphatic imine (C=N–C) groups is 1. The van der Waals surface area contributed by atoms with E-state index in [0.717, 1.165) is 17.5 Å². The lowest BCUT2D eigenvalue weighted by atomic mass is 10.0. The van der Waals surface area contributed by atoms with Gasteiger partial charge in [-0.2, -0.15) is 5.26 Å². The van der Waals surface area contributed by atoms with Crippen LogP contribution in [0.3, 0.4) is 0 Å². The van der Waals surface area contributed by atoms with Gasteiger partial charge in [-0.3, -0.25) is 4.99 Å². The Kier molecular flexibility index (Phi) is 4.16. The van der Waals surface area contributed by atoms with E-state index >= 15 is 0 Å². The summed E-state index contributed by atoms with van der Waals surface area (Å²) in [5.74, 6) is 0.635. The SMILES string of the molecule is CCCN=C(N)c1onc(C#N)c1-c1ccc(C)cc1. The van der Waals surface area contributed by atoms with Gasteiger partial charge in [0, 0.05) is 6.54 Å². The van der Waals surface area contributed by atoms with Gasteiger partial charge < -0.3 is 10.3 Å². The Morgan fingerprint density at radius 3 is 2.70 bits per heavy atom. The predicted molar refractivity (Wildman–Crippen MR) is 77.3 cm³/mol. The highest BCUT2D eigenvalue weighted by atomic mass is 16.5. The Morgan fingerprint density at radius 1 is 1.40 bits per heavy atom. The van der Waals surface area contributed by atoms with Crippen molar-refractivity contribution in [1.82, 2.24) is 5.16 Å². The summed E-state index contributed by atoms with van der Waals surface area (Å²) in [5, 5.41) is 12.9. The van der Waals surface area contributed by atoms with Crippen LogP contribution in [0.5, 0.6) is 0 Å². The van der Waals surface area contributed by atoms with Crippen LogP contribution in [-0.2, 0) is 0 Å². The fraction of sp³-hybridized carbons (Fsp3) is 0.267. The molecule has 0 aliphatic heterocycles. The van der Waals surface area contributed by atoms with E-state index in [1.165, 1.54) is 0 Å². The van der Waals surface area contributed by atoms with Crippen molar-refractivity contribution in [2.45, 2.75) is 20.3 Å². The smallest absolute Gasteiger partial charge is 0.210 e. The van der Waals surface area contributed by atoms with Crippen molar-refractivity contribution >= 4 is 5.84 Å². The number of nitrogens with zero attached hydrogens (tertiary/aromatic N) is 3. The lowest BCUT2D eigenvalue weighted by molar-refractivity contribution is 0.411. The molecule has 20 heavy (non-hydrogen) atoms. The summed E-state index contributed by atoms with van der Waals surface area (Å²) in [6.07, 6.45) is 0.889. The molecule has 1 aromatic heterocycles. The number of hydrogen-bond acceptors (Lipinski definition) is 4. The van der Waals surface area contributed by atoms with E-state index < -0.39 is 0 Å². The molecule has 1 aromatic carbocycles. The molecule has 0 saturated heterocycles. The zero-order valence-electron chi connectivity index (χ0n) is 11.6. The Labute approximate surface area is 117 Å². The Bertz CT molecular complexity index is 662. The molecule has 2 aromatic rings. The van der Waals surface area contributed by atoms with Crippen LogP contribution < -0.4 is 5.73 Å². The van der Waals surface area contributed by atoms with Crippen LogP contribution in [0.15, 0.2) is 33.8 Å². The first-order chi connectivity index (χ1) is 9.67. The van der Waals surface area contributed by atoms with Gasteiger partial charge in [0.25, 0.3) is 0 Å². The molecule has 0 atom stereocenters. The molecule has 0 unspecified atom stereocenters. The van der Waals surface area contributed by atoms with Crippen molar-refractivity contribution in [1.29, 1.82) is 5.26 Å². The van der Waals surface area contributed by atoms with E-state index in [-0.39, 0.29) is 11.5 Å². The molecular formula is C15H16N4O. The lowest BCUT2D eigenvalue weighted by Gasteiger charge is -2.02. The normalized spacial score (nSPS) is 11.3. The minimum atomic E-state index is 0.221. The highest BCUT2D eigenvalue weighted by molar-refractivity contribution is 6.01. The fourth-order valence-electron chi connectivity index (χ4n) is 1.83. The molecule has 0 fully saturated rings. The number of amidine groups is 1. The maximum absolute atomic E-state index is 9.15. The second-order valence-electron chi connectivity index (χ2n) is 4.48. The summed E-state index contributed by atoms with van der Waals surface area (Å²) < 4.78 is 5.20. The predicted octanol–water partition coefficient (Wildman–Crippen LogP) is 2.64. The monoisotopic (exact) mass is 268 g/mol. The molecule has 1 heterocycles. The van der Waals surface area contributed by atoms with Crippen molar-refractivity contribution < 1.29 is 4.52 Å². The molecule has 0 amide bonds. The van der Waals surface area contributed by atoms with Crippen LogP contribution in [-0.4, -0.2) is 17.5 Å². The van der Waals surface area contributed by atoms with E-state index in [4.69, 9.17) is 15.5 Å². The van der Waals surface area contributed by atoms with Gasteiger partial charge in [0.15, 0.2) is 11.5 Å². The first-order valence-corrected chi connectivity index (χ1v) is 6.44. The van der Waals surface area contributed by atoms with Gasteiger partial charge in [-0.05, 0) is 18.9 Å². The van der Waals surface area contributed by atoms with Gasteiger partial charge in [0.2, 0.25) is 5.76 Å². The highest BCUT2D eigenvalue weighted by Crippen LogP contribution is 2.27. The number of hydrogen-bond donors (Lipinski definition) is 1. The molecule has 2 rings (SSSR count). The van der Waals surface area contributed by atoms with Crippen molar-refractivity contribution in [2.75, 3.05) is 6.54 Å². The van der Waals surface area contributed by atoms with E-state index in [1.54, 1.807) is 0 Å². The third-order valence-corrected chi connectivity index (χ3v) is 2.88. The zero-order valence-corrected chi connectivity index (χ0v) is 11.6. The average molecular weight is 268 g/mol. The van der Waals surface area contributed by atoms with Crippen LogP contribution in [0.25, 0.3) is 11.1 Å². The Balaban J connectivity index is 2.53. The van der Waals surface area contributed by atoms with Crippen LogP contribution >= 0.6 is 0 Å². The second kappa shape index (κ2) is 6.02. The minimum Gasteiger partial charge on any atom is -0.381 e. The Hall–Kier alpha value is -2.61. The molecule has 0 saturated carbocycles. The van der Waals surface area contributed by atoms with E-state index in [0.29, 0.717) is 17.9 Å². The summed E-state index contributed by atoms with van der Waals surface area (Å²) in [5.41, 5.74) is 8.73. The number of nitrogens with two attached hydrogens (primary N) is 1. The van der Waals surface area contributed by atoms with Gasteiger partial charge >= 0.3 is 0 Å². The maximum atomic E-state index is 9.15. The summed E-state index contributed by atoms with van der Waals surface area (Å²) in [7, 11) is 0. The highest BCUT2D eigenvalue weighted by Gasteiger charge is 2.20. The summed E-state index contributed by atoms with van der Waals surface area (Å²) in [6, 6.07) is 9.79. The first-order valence-electron chi connectivity index (χ1n) is 6.44. The van der Waals surface area contributed by atoms with Crippen LogP contribution in [0.1, 0.15) is 30.4 Å². The van der Waals surface area contributed by atoms with E-state index in [2.05, 4.69) is 10.1 Å². The van der Waals surface area contributed by atoms with Gasteiger partial charge in [-0.15, -0.1) is 0 Å². The molecule has 5 nitrogen and oxygen atoms in total. The van der Waals surface area contributed by atoms with Gasteiger partial charge in [-0.25, -0.2) is 0 Å². The third kappa shape index (κ3) is 2.69. The molecule has 0 radical (unpaired) electrons. The molecular weight excluding hydrogens is 252 g/mol. The number of aryl methyl sites for hydroxylation is 1. The summed E-state index contributed by atoms with van der Waals surface area (Å²) in [4.78, 5) is 4.22. The number of rotatable bonds is 4. The summed E-state index contributed by atoms with van der Waals surface area (Å²) in [6.45, 7) is 4.63. The minimum absolute atomic E-state index is 0.221. The standard InChI is InChI=1S/C15H16N4O/c1-3-8-18-15(17)14-13(12(9-16)19-20-14)11-6-4-10(2)5-7-11/h4-7H,3,8H2,1-2H3,(H2,17,18). The van der Waals surface area contributed by atoms with Gasteiger partial charge in [-0.1, -0.05) is 41.9 Å². The largest absolute Gasteiger partial charge is 0.381 e. The molecule has 0 aliphatic carbocycles. The van der Waals surface area contributed by atoms with Crippen molar-refractivity contribution in [3.8, 4) is 17.2 Å².